The van der Waals surface area contributed by atoms with Gasteiger partial charge in [-0.15, -0.1) is 0 Å². The molecular weight excluding hydrogens is 368 g/mol. The van der Waals surface area contributed by atoms with Crippen LogP contribution in [0.5, 0.6) is 5.88 Å². The minimum atomic E-state index is -3.66. The van der Waals surface area contributed by atoms with Crippen molar-refractivity contribution in [1.29, 1.82) is 0 Å². The number of ether oxygens (including phenoxy) is 1. The number of nitrogens with zero attached hydrogens (tertiary/aromatic N) is 3. The van der Waals surface area contributed by atoms with Gasteiger partial charge in [0.15, 0.2) is 0 Å². The number of aromatic nitrogens is 2. The molecule has 1 aliphatic heterocycles. The molecule has 1 aliphatic rings. The molecule has 0 spiro atoms. The third-order valence-corrected chi connectivity index (χ3v) is 6.32. The van der Waals surface area contributed by atoms with E-state index in [0.29, 0.717) is 30.1 Å². The number of benzene rings is 1. The smallest absolute Gasteiger partial charge is 0.243 e. The summed E-state index contributed by atoms with van der Waals surface area (Å²) in [6, 6.07) is 6.44. The van der Waals surface area contributed by atoms with Gasteiger partial charge in [-0.2, -0.15) is 4.31 Å². The van der Waals surface area contributed by atoms with Crippen LogP contribution < -0.4 is 10.1 Å². The zero-order valence-corrected chi connectivity index (χ0v) is 16.1. The van der Waals surface area contributed by atoms with Crippen LogP contribution in [0.4, 0.5) is 5.69 Å². The quantitative estimate of drug-likeness (QED) is 0.838. The summed E-state index contributed by atoms with van der Waals surface area (Å²) in [6.07, 6.45) is 4.18. The first-order chi connectivity index (χ1) is 12.9. The number of sulfonamides is 1. The molecule has 1 aromatic heterocycles. The van der Waals surface area contributed by atoms with Gasteiger partial charge in [0.2, 0.25) is 21.8 Å². The standard InChI is InChI=1S/C18H22N4O4S/c1-13-10-15(21-14(2)23)5-6-17(13)27(24,25)22-9-3-4-16(11-22)26-18-7-8-19-12-20-18/h5-8,10,12,16H,3-4,9,11H2,1-2H3,(H,21,23). The molecule has 27 heavy (non-hydrogen) atoms. The minimum absolute atomic E-state index is 0.203. The second kappa shape index (κ2) is 8.01. The molecule has 1 N–H and O–H groups in total. The van der Waals surface area contributed by atoms with Gasteiger partial charge in [-0.3, -0.25) is 4.79 Å². The number of hydrogen-bond acceptors (Lipinski definition) is 6. The predicted octanol–water partition coefficient (Wildman–Crippen LogP) is 1.98. The molecule has 1 amide bonds. The van der Waals surface area contributed by atoms with E-state index in [4.69, 9.17) is 4.74 Å². The first kappa shape index (κ1) is 19.2. The van der Waals surface area contributed by atoms with Gasteiger partial charge in [0.05, 0.1) is 11.4 Å². The molecule has 0 radical (unpaired) electrons. The largest absolute Gasteiger partial charge is 0.473 e. The van der Waals surface area contributed by atoms with E-state index in [2.05, 4.69) is 15.3 Å². The van der Waals surface area contributed by atoms with Crippen LogP contribution >= 0.6 is 0 Å². The van der Waals surface area contributed by atoms with Crippen LogP contribution in [0.15, 0.2) is 41.7 Å². The Morgan fingerprint density at radius 3 is 2.81 bits per heavy atom. The van der Waals surface area contributed by atoms with Crippen molar-refractivity contribution in [3.05, 3.63) is 42.4 Å². The van der Waals surface area contributed by atoms with Crippen molar-refractivity contribution in [2.45, 2.75) is 37.7 Å². The molecule has 144 valence electrons. The second-order valence-corrected chi connectivity index (χ2v) is 8.36. The number of carbonyl (C=O) groups excluding carboxylic acids is 1. The summed E-state index contributed by atoms with van der Waals surface area (Å²) >= 11 is 0. The topological polar surface area (TPSA) is 101 Å². The third-order valence-electron chi connectivity index (χ3n) is 4.30. The Morgan fingerprint density at radius 2 is 2.15 bits per heavy atom. The number of piperidine rings is 1. The first-order valence-corrected chi connectivity index (χ1v) is 10.1. The van der Waals surface area contributed by atoms with Gasteiger partial charge in [0.25, 0.3) is 0 Å². The molecule has 8 nitrogen and oxygen atoms in total. The van der Waals surface area contributed by atoms with Crippen molar-refractivity contribution in [2.24, 2.45) is 0 Å². The molecule has 1 saturated heterocycles. The Labute approximate surface area is 158 Å². The Bertz CT molecular complexity index is 918. The van der Waals surface area contributed by atoms with Gasteiger partial charge in [-0.25, -0.2) is 18.4 Å². The summed E-state index contributed by atoms with van der Waals surface area (Å²) in [5, 5.41) is 2.66. The van der Waals surface area contributed by atoms with E-state index in [9.17, 15) is 13.2 Å². The van der Waals surface area contributed by atoms with Crippen LogP contribution in [0.3, 0.4) is 0 Å². The van der Waals surface area contributed by atoms with E-state index in [1.165, 1.54) is 23.6 Å². The third kappa shape index (κ3) is 4.61. The van der Waals surface area contributed by atoms with Crippen molar-refractivity contribution >= 4 is 21.6 Å². The van der Waals surface area contributed by atoms with E-state index in [-0.39, 0.29) is 23.5 Å². The highest BCUT2D eigenvalue weighted by Gasteiger charge is 2.32. The van der Waals surface area contributed by atoms with Gasteiger partial charge >= 0.3 is 0 Å². The predicted molar refractivity (Wildman–Crippen MR) is 99.9 cm³/mol. The molecule has 0 aliphatic carbocycles. The van der Waals surface area contributed by atoms with Crippen molar-refractivity contribution in [2.75, 3.05) is 18.4 Å². The average molecular weight is 390 g/mol. The van der Waals surface area contributed by atoms with Gasteiger partial charge in [0, 0.05) is 31.4 Å². The molecule has 1 aromatic carbocycles. The molecule has 1 fully saturated rings. The van der Waals surface area contributed by atoms with Crippen LogP contribution in [-0.2, 0) is 14.8 Å². The van der Waals surface area contributed by atoms with Crippen LogP contribution in [0.2, 0.25) is 0 Å². The first-order valence-electron chi connectivity index (χ1n) is 8.67. The molecule has 0 bridgehead atoms. The van der Waals surface area contributed by atoms with E-state index in [0.717, 1.165) is 6.42 Å². The molecule has 3 rings (SSSR count). The van der Waals surface area contributed by atoms with Gasteiger partial charge in [0.1, 0.15) is 12.4 Å². The van der Waals surface area contributed by atoms with Crippen LogP contribution in [0.1, 0.15) is 25.3 Å². The SMILES string of the molecule is CC(=O)Nc1ccc(S(=O)(=O)N2CCCC(Oc3ccncn3)C2)c(C)c1. The number of amides is 1. The summed E-state index contributed by atoms with van der Waals surface area (Å²) < 4.78 is 33.4. The number of anilines is 1. The van der Waals surface area contributed by atoms with Gasteiger partial charge in [-0.05, 0) is 43.5 Å². The Balaban J connectivity index is 1.77. The maximum atomic E-state index is 13.1. The van der Waals surface area contributed by atoms with E-state index in [1.807, 2.05) is 0 Å². The lowest BCUT2D eigenvalue weighted by atomic mass is 10.1. The van der Waals surface area contributed by atoms with Crippen molar-refractivity contribution < 1.29 is 17.9 Å². The highest BCUT2D eigenvalue weighted by Crippen LogP contribution is 2.26. The highest BCUT2D eigenvalue weighted by atomic mass is 32.2. The van der Waals surface area contributed by atoms with Crippen LogP contribution in [0, 0.1) is 6.92 Å². The maximum Gasteiger partial charge on any atom is 0.243 e. The molecule has 0 saturated carbocycles. The van der Waals surface area contributed by atoms with Crippen LogP contribution in [-0.4, -0.2) is 47.8 Å². The second-order valence-electron chi connectivity index (χ2n) is 6.45. The normalized spacial score (nSPS) is 18.1. The van der Waals surface area contributed by atoms with Crippen molar-refractivity contribution in [3.63, 3.8) is 0 Å². The fraction of sp³-hybridized carbons (Fsp3) is 0.389. The van der Waals surface area contributed by atoms with E-state index in [1.54, 1.807) is 31.3 Å². The summed E-state index contributed by atoms with van der Waals surface area (Å²) in [4.78, 5) is 19.3. The lowest BCUT2D eigenvalue weighted by Gasteiger charge is -2.32. The molecular formula is C18H22N4O4S. The Kier molecular flexibility index (Phi) is 5.71. The van der Waals surface area contributed by atoms with Crippen molar-refractivity contribution in [1.82, 2.24) is 14.3 Å². The Morgan fingerprint density at radius 1 is 1.33 bits per heavy atom. The van der Waals surface area contributed by atoms with Gasteiger partial charge < -0.3 is 10.1 Å². The van der Waals surface area contributed by atoms with E-state index < -0.39 is 10.0 Å². The lowest BCUT2D eigenvalue weighted by Crippen LogP contribution is -2.44. The molecule has 9 heteroatoms. The van der Waals surface area contributed by atoms with Crippen LogP contribution in [0.25, 0.3) is 0 Å². The average Bonchev–Trinajstić information content (AvgIpc) is 2.62. The van der Waals surface area contributed by atoms with E-state index >= 15 is 0 Å². The Hall–Kier alpha value is -2.52. The summed E-state index contributed by atoms with van der Waals surface area (Å²) in [6.45, 7) is 3.83. The minimum Gasteiger partial charge on any atom is -0.473 e. The van der Waals surface area contributed by atoms with Crippen molar-refractivity contribution in [3.8, 4) is 5.88 Å². The molecule has 1 atom stereocenters. The summed E-state index contributed by atoms with van der Waals surface area (Å²) in [7, 11) is -3.66. The number of rotatable bonds is 5. The number of carbonyl (C=O) groups is 1. The molecule has 2 heterocycles. The fourth-order valence-corrected chi connectivity index (χ4v) is 4.81. The summed E-state index contributed by atoms with van der Waals surface area (Å²) in [5.41, 5.74) is 1.16. The number of hydrogen-bond donors (Lipinski definition) is 1. The number of nitrogens with one attached hydrogen (secondary N) is 1. The maximum absolute atomic E-state index is 13.1. The lowest BCUT2D eigenvalue weighted by molar-refractivity contribution is -0.114. The monoisotopic (exact) mass is 390 g/mol. The highest BCUT2D eigenvalue weighted by molar-refractivity contribution is 7.89. The fourth-order valence-electron chi connectivity index (χ4n) is 3.10. The van der Waals surface area contributed by atoms with Gasteiger partial charge in [-0.1, -0.05) is 0 Å². The number of aryl methyl sites for hydroxylation is 1. The zero-order chi connectivity index (χ0) is 19.4. The molecule has 1 unspecified atom stereocenters. The molecule has 2 aromatic rings. The summed E-state index contributed by atoms with van der Waals surface area (Å²) in [5.74, 6) is 0.232. The zero-order valence-electron chi connectivity index (χ0n) is 15.3.